The molecule has 2 aromatic carbocycles. The van der Waals surface area contributed by atoms with Crippen molar-refractivity contribution in [2.45, 2.75) is 11.4 Å². The number of amides is 1. The SMILES string of the molecule is CNS(=O)(=O)c1ccc(Cl)c(C(=O)N(C)Cc2nc3ccccc3[nH]2)c1. The number of aromatic nitrogens is 2. The van der Waals surface area contributed by atoms with Gasteiger partial charge in [0.2, 0.25) is 10.0 Å². The number of benzene rings is 2. The van der Waals surface area contributed by atoms with Gasteiger partial charge in [0, 0.05) is 7.05 Å². The number of para-hydroxylation sites is 2. The summed E-state index contributed by atoms with van der Waals surface area (Å²) in [6, 6.07) is 11.6. The number of hydrogen-bond donors (Lipinski definition) is 2. The minimum absolute atomic E-state index is 0.0233. The summed E-state index contributed by atoms with van der Waals surface area (Å²) >= 11 is 6.11. The Labute approximate surface area is 156 Å². The molecule has 9 heteroatoms. The molecule has 0 bridgehead atoms. The Morgan fingerprint density at radius 3 is 2.69 bits per heavy atom. The smallest absolute Gasteiger partial charge is 0.255 e. The van der Waals surface area contributed by atoms with Crippen molar-refractivity contribution in [3.05, 3.63) is 58.9 Å². The lowest BCUT2D eigenvalue weighted by Gasteiger charge is -2.17. The number of fused-ring (bicyclic) bond motifs is 1. The van der Waals surface area contributed by atoms with Crippen molar-refractivity contribution in [2.75, 3.05) is 14.1 Å². The van der Waals surface area contributed by atoms with Crippen LogP contribution in [0.2, 0.25) is 5.02 Å². The van der Waals surface area contributed by atoms with E-state index < -0.39 is 15.9 Å². The molecule has 0 aliphatic carbocycles. The summed E-state index contributed by atoms with van der Waals surface area (Å²) < 4.78 is 26.1. The molecular weight excluding hydrogens is 376 g/mol. The van der Waals surface area contributed by atoms with Crippen LogP contribution >= 0.6 is 11.6 Å². The molecule has 0 unspecified atom stereocenters. The number of hydrogen-bond acceptors (Lipinski definition) is 4. The Morgan fingerprint density at radius 1 is 1.27 bits per heavy atom. The maximum Gasteiger partial charge on any atom is 0.255 e. The normalized spacial score (nSPS) is 11.7. The summed E-state index contributed by atoms with van der Waals surface area (Å²) in [5, 5.41) is 0.182. The molecule has 136 valence electrons. The first-order valence-electron chi connectivity index (χ1n) is 7.74. The fourth-order valence-electron chi connectivity index (χ4n) is 2.54. The van der Waals surface area contributed by atoms with Gasteiger partial charge in [-0.05, 0) is 37.4 Å². The molecule has 1 heterocycles. The third-order valence-corrected chi connectivity index (χ3v) is 5.66. The van der Waals surface area contributed by atoms with Gasteiger partial charge in [-0.1, -0.05) is 23.7 Å². The lowest BCUT2D eigenvalue weighted by Crippen LogP contribution is -2.27. The van der Waals surface area contributed by atoms with Crippen molar-refractivity contribution in [1.82, 2.24) is 19.6 Å². The van der Waals surface area contributed by atoms with Crippen LogP contribution in [0.4, 0.5) is 0 Å². The molecule has 1 aromatic heterocycles. The number of carbonyl (C=O) groups is 1. The van der Waals surface area contributed by atoms with E-state index in [1.165, 1.54) is 30.1 Å². The van der Waals surface area contributed by atoms with Crippen LogP contribution in [0.25, 0.3) is 11.0 Å². The molecule has 26 heavy (non-hydrogen) atoms. The predicted octanol–water partition coefficient (Wildman–Crippen LogP) is 2.40. The summed E-state index contributed by atoms with van der Waals surface area (Å²) in [6.07, 6.45) is 0. The second-order valence-corrected chi connectivity index (χ2v) is 8.00. The van der Waals surface area contributed by atoms with Crippen molar-refractivity contribution < 1.29 is 13.2 Å². The first-order chi connectivity index (χ1) is 12.3. The number of halogens is 1. The van der Waals surface area contributed by atoms with Crippen LogP contribution in [0.1, 0.15) is 16.2 Å². The Bertz CT molecular complexity index is 1050. The summed E-state index contributed by atoms with van der Waals surface area (Å²) in [5.74, 6) is 0.223. The van der Waals surface area contributed by atoms with E-state index >= 15 is 0 Å². The number of rotatable bonds is 5. The highest BCUT2D eigenvalue weighted by molar-refractivity contribution is 7.89. The zero-order chi connectivity index (χ0) is 18.9. The van der Waals surface area contributed by atoms with E-state index in [-0.39, 0.29) is 22.0 Å². The topological polar surface area (TPSA) is 95.2 Å². The Kier molecular flexibility index (Phi) is 4.99. The highest BCUT2D eigenvalue weighted by atomic mass is 35.5. The minimum Gasteiger partial charge on any atom is -0.340 e. The fraction of sp³-hybridized carbons (Fsp3) is 0.176. The fourth-order valence-corrected chi connectivity index (χ4v) is 3.49. The van der Waals surface area contributed by atoms with Gasteiger partial charge in [-0.25, -0.2) is 18.1 Å². The van der Waals surface area contributed by atoms with E-state index in [0.29, 0.717) is 5.82 Å². The van der Waals surface area contributed by atoms with Gasteiger partial charge in [-0.15, -0.1) is 0 Å². The molecular formula is C17H17ClN4O3S. The van der Waals surface area contributed by atoms with Gasteiger partial charge in [0.1, 0.15) is 5.82 Å². The van der Waals surface area contributed by atoms with Crippen molar-refractivity contribution in [3.8, 4) is 0 Å². The van der Waals surface area contributed by atoms with Crippen molar-refractivity contribution in [2.24, 2.45) is 0 Å². The van der Waals surface area contributed by atoms with E-state index in [0.717, 1.165) is 11.0 Å². The summed E-state index contributed by atoms with van der Waals surface area (Å²) in [6.45, 7) is 0.229. The van der Waals surface area contributed by atoms with Crippen LogP contribution in [0.15, 0.2) is 47.4 Å². The van der Waals surface area contributed by atoms with E-state index in [4.69, 9.17) is 11.6 Å². The highest BCUT2D eigenvalue weighted by Crippen LogP contribution is 2.22. The molecule has 0 saturated carbocycles. The van der Waals surface area contributed by atoms with Crippen molar-refractivity contribution in [1.29, 1.82) is 0 Å². The Morgan fingerprint density at radius 2 is 2.00 bits per heavy atom. The van der Waals surface area contributed by atoms with Crippen LogP contribution < -0.4 is 4.72 Å². The average Bonchev–Trinajstić information content (AvgIpc) is 3.03. The number of aromatic amines is 1. The van der Waals surface area contributed by atoms with E-state index in [2.05, 4.69) is 14.7 Å². The molecule has 2 N–H and O–H groups in total. The lowest BCUT2D eigenvalue weighted by molar-refractivity contribution is 0.0782. The Balaban J connectivity index is 1.87. The third kappa shape index (κ3) is 3.57. The zero-order valence-corrected chi connectivity index (χ0v) is 15.7. The van der Waals surface area contributed by atoms with E-state index in [9.17, 15) is 13.2 Å². The van der Waals surface area contributed by atoms with Crippen LogP contribution in [-0.4, -0.2) is 43.3 Å². The van der Waals surface area contributed by atoms with Gasteiger partial charge >= 0.3 is 0 Å². The summed E-state index contributed by atoms with van der Waals surface area (Å²) in [7, 11) is -0.764. The van der Waals surface area contributed by atoms with Gasteiger partial charge in [0.25, 0.3) is 5.91 Å². The second kappa shape index (κ2) is 7.06. The molecule has 0 fully saturated rings. The molecule has 3 rings (SSSR count). The van der Waals surface area contributed by atoms with Crippen molar-refractivity contribution in [3.63, 3.8) is 0 Å². The molecule has 7 nitrogen and oxygen atoms in total. The minimum atomic E-state index is -3.67. The van der Waals surface area contributed by atoms with Gasteiger partial charge in [-0.2, -0.15) is 0 Å². The van der Waals surface area contributed by atoms with E-state index in [1.807, 2.05) is 24.3 Å². The maximum atomic E-state index is 12.7. The standard InChI is InChI=1S/C17H17ClN4O3S/c1-19-26(24,25)11-7-8-13(18)12(9-11)17(23)22(2)10-16-20-14-5-3-4-6-15(14)21-16/h3-9,19H,10H2,1-2H3,(H,20,21). The van der Waals surface area contributed by atoms with Crippen LogP contribution in [0, 0.1) is 0 Å². The largest absolute Gasteiger partial charge is 0.340 e. The molecule has 0 aliphatic rings. The number of imidazole rings is 1. The van der Waals surface area contributed by atoms with Gasteiger partial charge in [0.15, 0.2) is 0 Å². The maximum absolute atomic E-state index is 12.7. The molecule has 1 amide bonds. The van der Waals surface area contributed by atoms with E-state index in [1.54, 1.807) is 7.05 Å². The third-order valence-electron chi connectivity index (χ3n) is 3.92. The van der Waals surface area contributed by atoms with Crippen molar-refractivity contribution >= 4 is 38.6 Å². The molecule has 0 atom stereocenters. The second-order valence-electron chi connectivity index (χ2n) is 5.71. The zero-order valence-electron chi connectivity index (χ0n) is 14.2. The summed E-state index contributed by atoms with van der Waals surface area (Å²) in [4.78, 5) is 21.7. The molecule has 0 aliphatic heterocycles. The first-order valence-corrected chi connectivity index (χ1v) is 9.60. The number of nitrogens with zero attached hydrogens (tertiary/aromatic N) is 2. The number of nitrogens with one attached hydrogen (secondary N) is 2. The van der Waals surface area contributed by atoms with Gasteiger partial charge in [-0.3, -0.25) is 4.79 Å². The quantitative estimate of drug-likeness (QED) is 0.697. The lowest BCUT2D eigenvalue weighted by atomic mass is 10.2. The van der Waals surface area contributed by atoms with Crippen LogP contribution in [0.5, 0.6) is 0 Å². The number of sulfonamides is 1. The predicted molar refractivity (Wildman–Crippen MR) is 99.6 cm³/mol. The van der Waals surface area contributed by atoms with Gasteiger partial charge in [0.05, 0.1) is 33.1 Å². The van der Waals surface area contributed by atoms with Crippen LogP contribution in [-0.2, 0) is 16.6 Å². The number of carbonyl (C=O) groups excluding carboxylic acids is 1. The Hall–Kier alpha value is -2.42. The monoisotopic (exact) mass is 392 g/mol. The molecule has 0 spiro atoms. The molecule has 3 aromatic rings. The molecule has 0 saturated heterocycles. The molecule has 0 radical (unpaired) electrons. The van der Waals surface area contributed by atoms with Crippen LogP contribution in [0.3, 0.4) is 0 Å². The van der Waals surface area contributed by atoms with Gasteiger partial charge < -0.3 is 9.88 Å². The highest BCUT2D eigenvalue weighted by Gasteiger charge is 2.20. The average molecular weight is 393 g/mol. The first kappa shape index (κ1) is 18.4. The number of H-pyrrole nitrogens is 1. The summed E-state index contributed by atoms with van der Waals surface area (Å²) in [5.41, 5.74) is 1.80.